The van der Waals surface area contributed by atoms with E-state index in [4.69, 9.17) is 4.74 Å². The van der Waals surface area contributed by atoms with Gasteiger partial charge in [-0.15, -0.1) is 0 Å². The van der Waals surface area contributed by atoms with Gasteiger partial charge in [-0.3, -0.25) is 9.58 Å². The van der Waals surface area contributed by atoms with E-state index in [0.717, 1.165) is 17.3 Å². The van der Waals surface area contributed by atoms with Gasteiger partial charge in [-0.2, -0.15) is 5.10 Å². The predicted molar refractivity (Wildman–Crippen MR) is 132 cm³/mol. The first kappa shape index (κ1) is 25.1. The summed E-state index contributed by atoms with van der Waals surface area (Å²) in [5.41, 5.74) is 3.04. The van der Waals surface area contributed by atoms with Crippen molar-refractivity contribution in [1.82, 2.24) is 20.0 Å². The minimum Gasteiger partial charge on any atom is -0.383 e. The second-order valence-electron chi connectivity index (χ2n) is 9.37. The van der Waals surface area contributed by atoms with E-state index >= 15 is 0 Å². The number of aryl methyl sites for hydroxylation is 1. The van der Waals surface area contributed by atoms with Crippen molar-refractivity contribution < 1.29 is 18.3 Å². The lowest BCUT2D eigenvalue weighted by atomic mass is 9.77. The van der Waals surface area contributed by atoms with Gasteiger partial charge in [-0.05, 0) is 18.9 Å². The number of hydrogen-bond donors (Lipinski definition) is 2. The summed E-state index contributed by atoms with van der Waals surface area (Å²) in [6.07, 6.45) is 2.44. The molecule has 0 bridgehead atoms. The second-order valence-corrected chi connectivity index (χ2v) is 9.37. The zero-order valence-electron chi connectivity index (χ0n) is 20.6. The molecule has 2 aromatic rings. The van der Waals surface area contributed by atoms with Crippen LogP contribution in [0.1, 0.15) is 12.6 Å². The maximum absolute atomic E-state index is 14.4. The lowest BCUT2D eigenvalue weighted by molar-refractivity contribution is 0.156. The van der Waals surface area contributed by atoms with Crippen LogP contribution in [0.2, 0.25) is 0 Å². The van der Waals surface area contributed by atoms with Gasteiger partial charge in [0.2, 0.25) is 0 Å². The molecule has 1 aromatic heterocycles. The highest BCUT2D eigenvalue weighted by Crippen LogP contribution is 2.39. The van der Waals surface area contributed by atoms with Crippen molar-refractivity contribution in [3.05, 3.63) is 59.8 Å². The molecule has 2 amide bonds. The van der Waals surface area contributed by atoms with E-state index in [1.165, 1.54) is 6.08 Å². The van der Waals surface area contributed by atoms with Crippen LogP contribution >= 0.6 is 0 Å². The Balaban J connectivity index is 1.54. The largest absolute Gasteiger partial charge is 0.383 e. The van der Waals surface area contributed by atoms with Crippen LogP contribution in [0, 0.1) is 24.7 Å². The summed E-state index contributed by atoms with van der Waals surface area (Å²) < 4.78 is 35.5. The average molecular weight is 486 g/mol. The number of allylic oxidation sites excluding steroid dienone is 4. The molecule has 4 rings (SSSR count). The van der Waals surface area contributed by atoms with Crippen molar-refractivity contribution in [3.8, 4) is 11.3 Å². The summed E-state index contributed by atoms with van der Waals surface area (Å²) in [6.45, 7) is 6.06. The van der Waals surface area contributed by atoms with Crippen LogP contribution in [-0.2, 0) is 11.8 Å². The van der Waals surface area contributed by atoms with Crippen molar-refractivity contribution in [2.75, 3.05) is 38.7 Å². The molecule has 2 heterocycles. The topological polar surface area (TPSA) is 71.4 Å². The summed E-state index contributed by atoms with van der Waals surface area (Å²) in [5.74, 6) is -2.01. The third-order valence-electron chi connectivity index (χ3n) is 7.12. The van der Waals surface area contributed by atoms with E-state index in [1.807, 2.05) is 44.3 Å². The molecule has 2 aliphatic rings. The minimum atomic E-state index is -0.567. The molecule has 7 nitrogen and oxygen atoms in total. The fourth-order valence-corrected chi connectivity index (χ4v) is 5.05. The van der Waals surface area contributed by atoms with Crippen molar-refractivity contribution in [2.24, 2.45) is 24.8 Å². The molecule has 35 heavy (non-hydrogen) atoms. The molecule has 0 spiro atoms. The summed E-state index contributed by atoms with van der Waals surface area (Å²) in [4.78, 5) is 15.4. The van der Waals surface area contributed by atoms with E-state index in [-0.39, 0.29) is 23.9 Å². The molecule has 0 saturated carbocycles. The maximum Gasteiger partial charge on any atom is 0.319 e. The highest BCUT2D eigenvalue weighted by atomic mass is 19.1. The average Bonchev–Trinajstić information content (AvgIpc) is 3.36. The van der Waals surface area contributed by atoms with Crippen LogP contribution in [0.4, 0.5) is 19.3 Å². The Kier molecular flexibility index (Phi) is 7.66. The number of nitrogens with one attached hydrogen (secondary N) is 2. The molecule has 1 fully saturated rings. The standard InChI is InChI=1S/C26H33F2N5O2/c1-16-20(12-19(27)13-22(16)28)21-14-33(10-11-35-4)15-23(21)29-26(34)30-24-17(2)32(3)31-25(24)18-8-6-5-7-9-18/h5-9,12-13,16,20-21,23H,10-11,14-15H2,1-4H3,(H2,29,30,34)/t16?,20?,21-,23+/m0/s1. The number of amides is 2. The van der Waals surface area contributed by atoms with Crippen LogP contribution in [0.15, 0.2) is 54.1 Å². The Morgan fingerprint density at radius 3 is 2.69 bits per heavy atom. The quantitative estimate of drug-likeness (QED) is 0.609. The molecular formula is C26H33F2N5O2. The van der Waals surface area contributed by atoms with Crippen molar-refractivity contribution in [2.45, 2.75) is 19.9 Å². The fourth-order valence-electron chi connectivity index (χ4n) is 5.05. The molecule has 2 N–H and O–H groups in total. The van der Waals surface area contributed by atoms with Crippen LogP contribution in [0.5, 0.6) is 0 Å². The van der Waals surface area contributed by atoms with Crippen LogP contribution < -0.4 is 10.6 Å². The zero-order chi connectivity index (χ0) is 25.1. The number of urea groups is 1. The Bertz CT molecular complexity index is 1110. The third kappa shape index (κ3) is 5.46. The van der Waals surface area contributed by atoms with E-state index in [1.54, 1.807) is 18.7 Å². The number of nitrogens with zero attached hydrogens (tertiary/aromatic N) is 3. The van der Waals surface area contributed by atoms with E-state index in [0.29, 0.717) is 37.6 Å². The molecule has 9 heteroatoms. The van der Waals surface area contributed by atoms with E-state index in [9.17, 15) is 13.6 Å². The summed E-state index contributed by atoms with van der Waals surface area (Å²) in [7, 11) is 3.47. The Morgan fingerprint density at radius 2 is 1.97 bits per heavy atom. The summed E-state index contributed by atoms with van der Waals surface area (Å²) >= 11 is 0. The Hall–Kier alpha value is -3.04. The van der Waals surface area contributed by atoms with Gasteiger partial charge >= 0.3 is 6.03 Å². The predicted octanol–water partition coefficient (Wildman–Crippen LogP) is 4.44. The number of benzene rings is 1. The zero-order valence-corrected chi connectivity index (χ0v) is 20.6. The van der Waals surface area contributed by atoms with Crippen LogP contribution in [0.25, 0.3) is 11.3 Å². The van der Waals surface area contributed by atoms with Crippen LogP contribution in [-0.4, -0.2) is 60.1 Å². The number of halogens is 2. The number of aromatic nitrogens is 2. The Morgan fingerprint density at radius 1 is 1.23 bits per heavy atom. The van der Waals surface area contributed by atoms with E-state index < -0.39 is 17.6 Å². The van der Waals surface area contributed by atoms with Gasteiger partial charge < -0.3 is 15.4 Å². The number of methoxy groups -OCH3 is 1. The number of carbonyl (C=O) groups is 1. The van der Waals surface area contributed by atoms with E-state index in [2.05, 4.69) is 20.6 Å². The lowest BCUT2D eigenvalue weighted by Crippen LogP contribution is -2.45. The smallest absolute Gasteiger partial charge is 0.319 e. The lowest BCUT2D eigenvalue weighted by Gasteiger charge is -2.32. The summed E-state index contributed by atoms with van der Waals surface area (Å²) in [6, 6.07) is 9.00. The number of carbonyl (C=O) groups excluding carboxylic acids is 1. The normalized spacial score (nSPS) is 24.7. The Labute approximate surface area is 204 Å². The molecule has 1 aromatic carbocycles. The first-order valence-corrected chi connectivity index (χ1v) is 11.9. The molecule has 1 aliphatic heterocycles. The number of anilines is 1. The first-order valence-electron chi connectivity index (χ1n) is 11.9. The van der Waals surface area contributed by atoms with Crippen LogP contribution in [0.3, 0.4) is 0 Å². The third-order valence-corrected chi connectivity index (χ3v) is 7.12. The maximum atomic E-state index is 14.4. The molecule has 0 radical (unpaired) electrons. The van der Waals surface area contributed by atoms with Gasteiger partial charge in [0.05, 0.1) is 18.0 Å². The number of hydrogen-bond acceptors (Lipinski definition) is 4. The van der Waals surface area contributed by atoms with Gasteiger partial charge in [0.1, 0.15) is 17.3 Å². The molecule has 2 unspecified atom stereocenters. The monoisotopic (exact) mass is 485 g/mol. The number of ether oxygens (including phenoxy) is 1. The van der Waals surface area contributed by atoms with Gasteiger partial charge in [-0.1, -0.05) is 37.3 Å². The van der Waals surface area contributed by atoms with Gasteiger partial charge in [0.15, 0.2) is 0 Å². The van der Waals surface area contributed by atoms with Gasteiger partial charge in [-0.25, -0.2) is 13.6 Å². The van der Waals surface area contributed by atoms with Crippen molar-refractivity contribution in [1.29, 1.82) is 0 Å². The highest BCUT2D eigenvalue weighted by molar-refractivity contribution is 5.94. The molecule has 188 valence electrons. The first-order chi connectivity index (χ1) is 16.8. The molecule has 1 saturated heterocycles. The van der Waals surface area contributed by atoms with Gasteiger partial charge in [0.25, 0.3) is 0 Å². The summed E-state index contributed by atoms with van der Waals surface area (Å²) in [5, 5.41) is 10.6. The highest BCUT2D eigenvalue weighted by Gasteiger charge is 2.42. The van der Waals surface area contributed by atoms with Crippen molar-refractivity contribution in [3.63, 3.8) is 0 Å². The number of rotatable bonds is 7. The fraction of sp³-hybridized carbons (Fsp3) is 0.462. The molecular weight excluding hydrogens is 452 g/mol. The second kappa shape index (κ2) is 10.7. The SMILES string of the molecule is COCCN1C[C@@H](NC(=O)Nc2c(-c3ccccc3)nn(C)c2C)[C@H](C2C=C(F)C=C(F)C2C)C1. The number of likely N-dealkylation sites (tertiary alicyclic amines) is 1. The molecule has 1 aliphatic carbocycles. The van der Waals surface area contributed by atoms with Gasteiger partial charge in [0, 0.05) is 63.3 Å². The minimum absolute atomic E-state index is 0.151. The van der Waals surface area contributed by atoms with Crippen molar-refractivity contribution >= 4 is 11.7 Å². The molecule has 4 atom stereocenters.